The van der Waals surface area contributed by atoms with Gasteiger partial charge in [0, 0.05) is 17.8 Å². The van der Waals surface area contributed by atoms with Gasteiger partial charge in [0.2, 0.25) is 0 Å². The van der Waals surface area contributed by atoms with E-state index in [-0.39, 0.29) is 5.91 Å². The van der Waals surface area contributed by atoms with Crippen LogP contribution in [-0.4, -0.2) is 30.2 Å². The zero-order chi connectivity index (χ0) is 21.0. The first-order valence-electron chi connectivity index (χ1n) is 9.98. The van der Waals surface area contributed by atoms with E-state index in [1.54, 1.807) is 17.3 Å². The molecule has 0 spiro atoms. The molecule has 5 rings (SSSR count). The Morgan fingerprint density at radius 1 is 0.871 bits per heavy atom. The molecule has 0 fully saturated rings. The average molecular weight is 408 g/mol. The Balaban J connectivity index is 1.28. The number of aromatic nitrogens is 5. The van der Waals surface area contributed by atoms with Crippen LogP contribution in [0.4, 0.5) is 0 Å². The van der Waals surface area contributed by atoms with Crippen molar-refractivity contribution in [3.8, 4) is 5.69 Å². The molecule has 31 heavy (non-hydrogen) atoms. The van der Waals surface area contributed by atoms with E-state index in [9.17, 15) is 4.79 Å². The summed E-state index contributed by atoms with van der Waals surface area (Å²) in [6.07, 6.45) is 4.99. The summed E-state index contributed by atoms with van der Waals surface area (Å²) in [5, 5.41) is 7.17. The minimum atomic E-state index is -0.113. The fourth-order valence-corrected chi connectivity index (χ4v) is 3.59. The van der Waals surface area contributed by atoms with Crippen molar-refractivity contribution in [2.75, 3.05) is 0 Å². The van der Waals surface area contributed by atoms with Crippen molar-refractivity contribution in [2.24, 2.45) is 0 Å². The summed E-state index contributed by atoms with van der Waals surface area (Å²) in [5.74, 6) is -0.113. The van der Waals surface area contributed by atoms with Crippen molar-refractivity contribution in [3.63, 3.8) is 0 Å². The van der Waals surface area contributed by atoms with E-state index < -0.39 is 0 Å². The Morgan fingerprint density at radius 3 is 2.45 bits per heavy atom. The normalized spacial score (nSPS) is 11.0. The summed E-state index contributed by atoms with van der Waals surface area (Å²) in [6.45, 7) is 1.05. The second-order valence-corrected chi connectivity index (χ2v) is 7.19. The molecule has 152 valence electrons. The van der Waals surface area contributed by atoms with E-state index in [1.807, 2.05) is 77.4 Å². The van der Waals surface area contributed by atoms with Crippen LogP contribution in [-0.2, 0) is 13.1 Å². The molecule has 0 aliphatic heterocycles. The first-order chi connectivity index (χ1) is 15.3. The smallest absolute Gasteiger partial charge is 0.251 e. The van der Waals surface area contributed by atoms with Crippen LogP contribution >= 0.6 is 0 Å². The summed E-state index contributed by atoms with van der Waals surface area (Å²) < 4.78 is 3.77. The van der Waals surface area contributed by atoms with E-state index in [0.29, 0.717) is 18.7 Å². The number of nitrogens with zero attached hydrogens (tertiary/aromatic N) is 5. The van der Waals surface area contributed by atoms with Crippen molar-refractivity contribution in [1.82, 2.24) is 29.6 Å². The lowest BCUT2D eigenvalue weighted by Crippen LogP contribution is -2.23. The van der Waals surface area contributed by atoms with Gasteiger partial charge in [-0.2, -0.15) is 5.10 Å². The molecule has 0 saturated carbocycles. The van der Waals surface area contributed by atoms with E-state index in [0.717, 1.165) is 27.8 Å². The molecule has 0 aliphatic carbocycles. The number of nitrogens with one attached hydrogen (secondary N) is 1. The van der Waals surface area contributed by atoms with Crippen molar-refractivity contribution in [1.29, 1.82) is 0 Å². The molecule has 0 saturated heterocycles. The molecule has 7 nitrogen and oxygen atoms in total. The highest BCUT2D eigenvalue weighted by molar-refractivity contribution is 5.94. The van der Waals surface area contributed by atoms with E-state index in [2.05, 4.69) is 20.4 Å². The largest absolute Gasteiger partial charge is 0.348 e. The van der Waals surface area contributed by atoms with E-state index in [1.165, 1.54) is 6.33 Å². The van der Waals surface area contributed by atoms with Crippen molar-refractivity contribution < 1.29 is 4.79 Å². The fraction of sp³-hybridized carbons (Fsp3) is 0.0833. The minimum Gasteiger partial charge on any atom is -0.348 e. The number of carbonyl (C=O) groups is 1. The van der Waals surface area contributed by atoms with Gasteiger partial charge >= 0.3 is 0 Å². The van der Waals surface area contributed by atoms with Gasteiger partial charge in [-0.3, -0.25) is 9.36 Å². The van der Waals surface area contributed by atoms with Crippen LogP contribution in [0.15, 0.2) is 91.8 Å². The van der Waals surface area contributed by atoms with Gasteiger partial charge < -0.3 is 5.32 Å². The number of hydrogen-bond acceptors (Lipinski definition) is 4. The molecule has 0 bridgehead atoms. The van der Waals surface area contributed by atoms with Crippen LogP contribution in [0.2, 0.25) is 0 Å². The van der Waals surface area contributed by atoms with Crippen LogP contribution in [0.1, 0.15) is 21.5 Å². The fourth-order valence-electron chi connectivity index (χ4n) is 3.59. The minimum absolute atomic E-state index is 0.113. The third kappa shape index (κ3) is 3.93. The quantitative estimate of drug-likeness (QED) is 0.466. The third-order valence-electron chi connectivity index (χ3n) is 5.22. The van der Waals surface area contributed by atoms with E-state index in [4.69, 9.17) is 0 Å². The topological polar surface area (TPSA) is 77.6 Å². The number of benzene rings is 3. The second-order valence-electron chi connectivity index (χ2n) is 7.19. The standard InChI is InChI=1S/C24H20N6O/c31-24(26-13-19-5-1-2-6-20(19)14-29-16-25-15-28-29)18-9-11-21(12-10-18)30-17-27-22-7-3-4-8-23(22)30/h1-12,15-17H,13-14H2,(H,26,31). The number of fused-ring (bicyclic) bond motifs is 1. The highest BCUT2D eigenvalue weighted by Gasteiger charge is 2.09. The van der Waals surface area contributed by atoms with Gasteiger partial charge in [0.25, 0.3) is 5.91 Å². The highest BCUT2D eigenvalue weighted by atomic mass is 16.1. The maximum Gasteiger partial charge on any atom is 0.251 e. The SMILES string of the molecule is O=C(NCc1ccccc1Cn1cncn1)c1ccc(-n2cnc3ccccc32)cc1. The maximum atomic E-state index is 12.7. The molecule has 0 unspecified atom stereocenters. The monoisotopic (exact) mass is 408 g/mol. The van der Waals surface area contributed by atoms with Gasteiger partial charge in [0.15, 0.2) is 0 Å². The summed E-state index contributed by atoms with van der Waals surface area (Å²) in [4.78, 5) is 21.1. The molecule has 0 aliphatic rings. The Labute approximate surface area is 179 Å². The Bertz CT molecular complexity index is 1320. The molecule has 5 aromatic rings. The van der Waals surface area contributed by atoms with Gasteiger partial charge in [-0.1, -0.05) is 36.4 Å². The van der Waals surface area contributed by atoms with Gasteiger partial charge in [-0.15, -0.1) is 0 Å². The van der Waals surface area contributed by atoms with Crippen LogP contribution in [0, 0.1) is 0 Å². The van der Waals surface area contributed by atoms with Gasteiger partial charge in [-0.05, 0) is 47.5 Å². The van der Waals surface area contributed by atoms with Crippen LogP contribution in [0.25, 0.3) is 16.7 Å². The van der Waals surface area contributed by atoms with Crippen LogP contribution in [0.5, 0.6) is 0 Å². The number of carbonyl (C=O) groups excluding carboxylic acids is 1. The summed E-state index contributed by atoms with van der Waals surface area (Å²) >= 11 is 0. The maximum absolute atomic E-state index is 12.7. The molecule has 1 amide bonds. The Morgan fingerprint density at radius 2 is 1.65 bits per heavy atom. The van der Waals surface area contributed by atoms with Crippen molar-refractivity contribution in [2.45, 2.75) is 13.1 Å². The highest BCUT2D eigenvalue weighted by Crippen LogP contribution is 2.18. The van der Waals surface area contributed by atoms with Gasteiger partial charge in [-0.25, -0.2) is 14.6 Å². The first kappa shape index (κ1) is 18.7. The molecule has 7 heteroatoms. The Kier molecular flexibility index (Phi) is 4.98. The summed E-state index contributed by atoms with van der Waals surface area (Å²) in [6, 6.07) is 23.5. The number of amides is 1. The molecule has 2 heterocycles. The van der Waals surface area contributed by atoms with Crippen molar-refractivity contribution in [3.05, 3.63) is 108 Å². The molecule has 2 aromatic heterocycles. The first-order valence-corrected chi connectivity index (χ1v) is 9.98. The molecular weight excluding hydrogens is 388 g/mol. The van der Waals surface area contributed by atoms with E-state index >= 15 is 0 Å². The number of hydrogen-bond donors (Lipinski definition) is 1. The molecule has 0 atom stereocenters. The summed E-state index contributed by atoms with van der Waals surface area (Å²) in [7, 11) is 0. The van der Waals surface area contributed by atoms with Gasteiger partial charge in [0.05, 0.1) is 17.6 Å². The van der Waals surface area contributed by atoms with Gasteiger partial charge in [0.1, 0.15) is 19.0 Å². The second kappa shape index (κ2) is 8.23. The lowest BCUT2D eigenvalue weighted by Gasteiger charge is -2.11. The predicted octanol–water partition coefficient (Wildman–Crippen LogP) is 3.60. The lowest BCUT2D eigenvalue weighted by atomic mass is 10.1. The Hall–Kier alpha value is -4.26. The molecule has 1 N–H and O–H groups in total. The molecular formula is C24H20N6O. The lowest BCUT2D eigenvalue weighted by molar-refractivity contribution is 0.0951. The van der Waals surface area contributed by atoms with Crippen LogP contribution < -0.4 is 5.32 Å². The third-order valence-corrected chi connectivity index (χ3v) is 5.22. The molecule has 0 radical (unpaired) electrons. The number of imidazole rings is 1. The zero-order valence-corrected chi connectivity index (χ0v) is 16.7. The molecule has 3 aromatic carbocycles. The average Bonchev–Trinajstić information content (AvgIpc) is 3.48. The number of rotatable bonds is 6. The van der Waals surface area contributed by atoms with Crippen LogP contribution in [0.3, 0.4) is 0 Å². The van der Waals surface area contributed by atoms with Crippen molar-refractivity contribution >= 4 is 16.9 Å². The number of para-hydroxylation sites is 2. The summed E-state index contributed by atoms with van der Waals surface area (Å²) in [5.41, 5.74) is 5.69. The zero-order valence-electron chi connectivity index (χ0n) is 16.7. The predicted molar refractivity (Wildman–Crippen MR) is 118 cm³/mol.